The van der Waals surface area contributed by atoms with Gasteiger partial charge in [-0.1, -0.05) is 46.5 Å². The van der Waals surface area contributed by atoms with Crippen LogP contribution in [0.4, 0.5) is 35.1 Å². The van der Waals surface area contributed by atoms with Crippen molar-refractivity contribution >= 4 is 70.9 Å². The molecule has 4 saturated heterocycles. The van der Waals surface area contributed by atoms with E-state index in [2.05, 4.69) is 16.0 Å². The fourth-order valence-corrected chi connectivity index (χ4v) is 17.7. The van der Waals surface area contributed by atoms with Crippen molar-refractivity contribution in [3.63, 3.8) is 0 Å². The first-order valence-corrected chi connectivity index (χ1v) is 39.4. The number of halogens is 8. The molecule has 8 fully saturated rings. The number of ether oxygens (including phenoxy) is 2. The molecule has 12 amide bonds. The zero-order valence-electron chi connectivity index (χ0n) is 64.9. The lowest BCUT2D eigenvalue weighted by Gasteiger charge is -2.47. The molecule has 1 spiro atoms. The van der Waals surface area contributed by atoms with Crippen LogP contribution in [0.3, 0.4) is 0 Å². The lowest BCUT2D eigenvalue weighted by Crippen LogP contribution is -2.68. The average molecular weight is 1560 g/mol. The Balaban J connectivity index is 1.20. The van der Waals surface area contributed by atoms with E-state index in [-0.39, 0.29) is 123 Å². The maximum Gasteiger partial charge on any atom is 0.397 e. The molecule has 2 unspecified atom stereocenters. The van der Waals surface area contributed by atoms with Crippen LogP contribution in [0.1, 0.15) is 182 Å². The molecule has 4 aliphatic heterocycles. The van der Waals surface area contributed by atoms with Crippen LogP contribution in [0.25, 0.3) is 0 Å². The third-order valence-corrected chi connectivity index (χ3v) is 24.7. The van der Waals surface area contributed by atoms with Crippen LogP contribution >= 0.6 is 0 Å². The molecule has 0 aromatic rings. The van der Waals surface area contributed by atoms with Crippen molar-refractivity contribution in [3.05, 3.63) is 0 Å². The molecule has 26 nitrogen and oxygen atoms in total. The molecule has 0 aromatic carbocycles. The van der Waals surface area contributed by atoms with Gasteiger partial charge in [0.05, 0.1) is 44.7 Å². The number of fused-ring (bicyclic) bond motifs is 3. The highest BCUT2D eigenvalue weighted by molar-refractivity contribution is 6.01. The number of carbonyl (C=O) groups is 12. The zero-order valence-corrected chi connectivity index (χ0v) is 64.9. The maximum absolute atomic E-state index is 15.7. The van der Waals surface area contributed by atoms with Gasteiger partial charge in [-0.2, -0.15) is 26.3 Å². The molecule has 4 aliphatic carbocycles. The molecule has 12 atom stereocenters. The Hall–Kier alpha value is -7.00. The highest BCUT2D eigenvalue weighted by Gasteiger charge is 2.56. The first kappa shape index (κ1) is 87.6. The van der Waals surface area contributed by atoms with Gasteiger partial charge in [0.1, 0.15) is 72.1 Å². The third kappa shape index (κ3) is 21.0. The largest absolute Gasteiger partial charge is 0.397 e. The van der Waals surface area contributed by atoms with Gasteiger partial charge in [0.15, 0.2) is 0 Å². The van der Waals surface area contributed by atoms with Crippen molar-refractivity contribution in [2.24, 2.45) is 35.5 Å². The van der Waals surface area contributed by atoms with Crippen molar-refractivity contribution in [2.75, 3.05) is 101 Å². The molecule has 4 heterocycles. The van der Waals surface area contributed by atoms with E-state index >= 15 is 47.1 Å². The molecule has 3 N–H and O–H groups in total. The van der Waals surface area contributed by atoms with Gasteiger partial charge in [-0.3, -0.25) is 57.5 Å². The van der Waals surface area contributed by atoms with Crippen molar-refractivity contribution in [3.8, 4) is 0 Å². The lowest BCUT2D eigenvalue weighted by atomic mass is 9.74. The molecule has 109 heavy (non-hydrogen) atoms. The fraction of sp³-hybridized carbons (Fsp3) is 0.840. The van der Waals surface area contributed by atoms with Crippen LogP contribution in [0, 0.1) is 35.5 Å². The second-order valence-electron chi connectivity index (χ2n) is 32.0. The summed E-state index contributed by atoms with van der Waals surface area (Å²) >= 11 is 0. The Morgan fingerprint density at radius 2 is 1.22 bits per heavy atom. The Morgan fingerprint density at radius 3 is 1.80 bits per heavy atom. The second kappa shape index (κ2) is 38.0. The normalized spacial score (nSPS) is 32.4. The standard InChI is InChI=1S/C75H116F8N12O14/c1-11-19-53-64(99)85-62(44(4)12-2)70(105)88(6)43-60(98)90(8)54-22-16-17-31-94(69(54)104)57(38-45-23-26-48(27-24-45)74(78,79)80)67(102)87(5)42-58(96)84-52(28-25-46-36-50(76)61(51(77)37-46)75(81,82)83)66(101)95-41-49(109-13-3)39-55(95)65(100)86-73(29-18-30-73)72(107)92(10)63(47-20-14-15-21-47)71(106)91(9)56(40-59(97)89(53)7)68(103)93-32-34-108-35-33-93/h44-57,61-63H,11-43H2,1-10H3,(H,84,96)(H,85,99)(H,86,100)/t44-,45?,46?,48?,49+,50?,51?,52-,53-,54-,55-,56-,57-,61?,62-,63-/m0/s1. The molecule has 8 rings (SSSR count). The molecule has 34 heteroatoms. The molecule has 0 aromatic heterocycles. The summed E-state index contributed by atoms with van der Waals surface area (Å²) in [4.78, 5) is 192. The Kier molecular flexibility index (Phi) is 30.5. The van der Waals surface area contributed by atoms with Crippen molar-refractivity contribution < 1.29 is 102 Å². The quantitative estimate of drug-likeness (QED) is 0.186. The van der Waals surface area contributed by atoms with Gasteiger partial charge in [0.25, 0.3) is 0 Å². The zero-order chi connectivity index (χ0) is 80.3. The highest BCUT2D eigenvalue weighted by Crippen LogP contribution is 2.46. The van der Waals surface area contributed by atoms with Gasteiger partial charge < -0.3 is 69.5 Å². The Morgan fingerprint density at radius 1 is 0.596 bits per heavy atom. The summed E-state index contributed by atoms with van der Waals surface area (Å²) in [5, 5.41) is 8.43. The SMILES string of the molecule is CCC[C@H]1C(=O)N[C@@H]([C@@H](C)CC)C(=O)N(C)CC(=O)N(C)[C@H]2CCCCN(C2=O)[C@@H](CC2CCC(C(F)(F)F)CC2)C(=O)N(C)CC(=O)N[C@@H](CCC2CC(F)C(C(F)(F)F)C(F)C2)C(=O)N2C[C@H](OCC)C[C@H]2C(=O)NC2(CCC2)C(=O)N(C)[C@@H](C2CCCC2)C(=O)N(C)[C@H](C(=O)N2CCOCC2)CC(=O)N1C. The van der Waals surface area contributed by atoms with Gasteiger partial charge in [-0.05, 0) is 146 Å². The summed E-state index contributed by atoms with van der Waals surface area (Å²) in [5.41, 5.74) is -1.69. The smallest absolute Gasteiger partial charge is 0.378 e. The van der Waals surface area contributed by atoms with Gasteiger partial charge in [-0.15, -0.1) is 0 Å². The van der Waals surface area contributed by atoms with E-state index < -0.39 is 230 Å². The fourth-order valence-electron chi connectivity index (χ4n) is 17.7. The number of hydrogen-bond donors (Lipinski definition) is 3. The summed E-state index contributed by atoms with van der Waals surface area (Å²) in [5.74, 6) is -16.5. The van der Waals surface area contributed by atoms with E-state index in [0.717, 1.165) is 24.5 Å². The number of amides is 12. The van der Waals surface area contributed by atoms with Crippen molar-refractivity contribution in [1.82, 2.24) is 60.0 Å². The van der Waals surface area contributed by atoms with Crippen LogP contribution in [-0.2, 0) is 67.0 Å². The first-order valence-electron chi connectivity index (χ1n) is 39.4. The summed E-state index contributed by atoms with van der Waals surface area (Å²) in [7, 11) is 8.08. The average Bonchev–Trinajstić information content (AvgIpc) is 1.17. The van der Waals surface area contributed by atoms with Crippen LogP contribution < -0.4 is 16.0 Å². The van der Waals surface area contributed by atoms with E-state index in [4.69, 9.17) is 9.47 Å². The minimum absolute atomic E-state index is 0.00847. The number of likely N-dealkylation sites (N-methyl/N-ethyl adjacent to an activating group) is 6. The van der Waals surface area contributed by atoms with E-state index in [1.807, 2.05) is 0 Å². The van der Waals surface area contributed by atoms with E-state index in [1.165, 1.54) is 61.9 Å². The molecule has 616 valence electrons. The molecular weight excluding hydrogens is 1440 g/mol. The predicted octanol–water partition coefficient (Wildman–Crippen LogP) is 5.71. The van der Waals surface area contributed by atoms with E-state index in [0.29, 0.717) is 51.4 Å². The number of rotatable bonds is 13. The third-order valence-electron chi connectivity index (χ3n) is 24.7. The lowest BCUT2D eigenvalue weighted by molar-refractivity contribution is -0.219. The summed E-state index contributed by atoms with van der Waals surface area (Å²) in [6.07, 6.45) is -15.5. The summed E-state index contributed by atoms with van der Waals surface area (Å²) < 4.78 is 127. The predicted molar refractivity (Wildman–Crippen MR) is 381 cm³/mol. The minimum atomic E-state index is -5.22. The topological polar surface area (TPSA) is 289 Å². The number of alkyl halides is 8. The second-order valence-corrected chi connectivity index (χ2v) is 32.0. The number of hydrogen-bond acceptors (Lipinski definition) is 14. The highest BCUT2D eigenvalue weighted by atomic mass is 19.4. The van der Waals surface area contributed by atoms with Gasteiger partial charge in [0.2, 0.25) is 70.9 Å². The Labute approximate surface area is 634 Å². The van der Waals surface area contributed by atoms with Crippen molar-refractivity contribution in [2.45, 2.75) is 266 Å². The van der Waals surface area contributed by atoms with Crippen LogP contribution in [-0.4, -0.2) is 301 Å². The molecule has 0 radical (unpaired) electrons. The maximum atomic E-state index is 15.7. The minimum Gasteiger partial charge on any atom is -0.378 e. The van der Waals surface area contributed by atoms with E-state index in [9.17, 15) is 45.5 Å². The first-order chi connectivity index (χ1) is 51.4. The molecule has 4 saturated carbocycles. The van der Waals surface area contributed by atoms with Crippen LogP contribution in [0.15, 0.2) is 0 Å². The van der Waals surface area contributed by atoms with E-state index in [1.54, 1.807) is 27.7 Å². The summed E-state index contributed by atoms with van der Waals surface area (Å²) in [6, 6.07) is -11.2. The van der Waals surface area contributed by atoms with Crippen LogP contribution in [0.2, 0.25) is 0 Å². The van der Waals surface area contributed by atoms with Crippen LogP contribution in [0.5, 0.6) is 0 Å². The van der Waals surface area contributed by atoms with Gasteiger partial charge in [0, 0.05) is 81.5 Å². The number of nitrogens with zero attached hydrogens (tertiary/aromatic N) is 9. The Bertz CT molecular complexity index is 3210. The number of nitrogens with one attached hydrogen (secondary N) is 3. The van der Waals surface area contributed by atoms with Crippen molar-refractivity contribution in [1.29, 1.82) is 0 Å². The van der Waals surface area contributed by atoms with Gasteiger partial charge in [-0.25, -0.2) is 8.78 Å². The number of morpholine rings is 1. The van der Waals surface area contributed by atoms with Gasteiger partial charge >= 0.3 is 12.4 Å². The molecular formula is C75H116F8N12O14. The number of carbonyl (C=O) groups excluding carboxylic acids is 12. The summed E-state index contributed by atoms with van der Waals surface area (Å²) in [6.45, 7) is 5.68. The monoisotopic (exact) mass is 1560 g/mol. The molecule has 8 aliphatic rings. The molecule has 2 bridgehead atoms.